The van der Waals surface area contributed by atoms with Gasteiger partial charge in [-0.3, -0.25) is 0 Å². The van der Waals surface area contributed by atoms with Gasteiger partial charge in [-0.15, -0.1) is 0 Å². The number of hydrogen-bond acceptors (Lipinski definition) is 5. The Labute approximate surface area is 121 Å². The normalized spacial score (nSPS) is 15.4. The van der Waals surface area contributed by atoms with Crippen molar-refractivity contribution in [2.24, 2.45) is 0 Å². The van der Waals surface area contributed by atoms with Crippen molar-refractivity contribution < 1.29 is 9.47 Å². The average Bonchev–Trinajstić information content (AvgIpc) is 3.22. The van der Waals surface area contributed by atoms with E-state index in [0.717, 1.165) is 24.2 Å². The van der Waals surface area contributed by atoms with Gasteiger partial charge in [-0.1, -0.05) is 0 Å². The Kier molecular flexibility index (Phi) is 4.94. The topological polar surface area (TPSA) is 56.3 Å². The van der Waals surface area contributed by atoms with Crippen LogP contribution in [0.3, 0.4) is 0 Å². The van der Waals surface area contributed by atoms with Crippen LogP contribution in [0.4, 0.5) is 0 Å². The molecule has 5 heteroatoms. The van der Waals surface area contributed by atoms with Gasteiger partial charge in [-0.05, 0) is 33.6 Å². The summed E-state index contributed by atoms with van der Waals surface area (Å²) in [4.78, 5) is 8.67. The summed E-state index contributed by atoms with van der Waals surface area (Å²) in [7, 11) is 1.71. The molecule has 1 N–H and O–H groups in total. The summed E-state index contributed by atoms with van der Waals surface area (Å²) in [6.07, 6.45) is 5.23. The van der Waals surface area contributed by atoms with Gasteiger partial charge >= 0.3 is 6.01 Å². The van der Waals surface area contributed by atoms with Gasteiger partial charge in [-0.25, -0.2) is 9.97 Å². The van der Waals surface area contributed by atoms with Crippen molar-refractivity contribution in [2.75, 3.05) is 13.7 Å². The predicted molar refractivity (Wildman–Crippen MR) is 77.8 cm³/mol. The molecule has 0 atom stereocenters. The lowest BCUT2D eigenvalue weighted by atomic mass is 10.1. The van der Waals surface area contributed by atoms with Gasteiger partial charge in [0.1, 0.15) is 0 Å². The van der Waals surface area contributed by atoms with E-state index in [4.69, 9.17) is 9.47 Å². The first-order valence-corrected chi connectivity index (χ1v) is 7.24. The highest BCUT2D eigenvalue weighted by atomic mass is 16.5. The second kappa shape index (κ2) is 6.50. The monoisotopic (exact) mass is 279 g/mol. The average molecular weight is 279 g/mol. The van der Waals surface area contributed by atoms with Crippen LogP contribution < -0.4 is 10.1 Å². The Morgan fingerprint density at radius 2 is 2.15 bits per heavy atom. The molecule has 1 saturated carbocycles. The van der Waals surface area contributed by atoms with Gasteiger partial charge in [0.15, 0.2) is 0 Å². The molecule has 1 heterocycles. The zero-order chi connectivity index (χ0) is 14.6. The molecule has 1 aliphatic rings. The maximum atomic E-state index is 5.59. The molecule has 0 aromatic carbocycles. The molecule has 1 fully saturated rings. The van der Waals surface area contributed by atoms with E-state index in [2.05, 4.69) is 15.3 Å². The highest BCUT2D eigenvalue weighted by Crippen LogP contribution is 2.20. The van der Waals surface area contributed by atoms with E-state index in [1.807, 2.05) is 27.0 Å². The first-order valence-electron chi connectivity index (χ1n) is 7.24. The maximum Gasteiger partial charge on any atom is 0.316 e. The van der Waals surface area contributed by atoms with Crippen molar-refractivity contribution in [1.29, 1.82) is 0 Å². The minimum absolute atomic E-state index is 0.177. The molecular formula is C15H25N3O2. The van der Waals surface area contributed by atoms with Crippen molar-refractivity contribution in [2.45, 2.75) is 58.2 Å². The van der Waals surface area contributed by atoms with E-state index in [9.17, 15) is 0 Å². The van der Waals surface area contributed by atoms with Crippen LogP contribution in [0.5, 0.6) is 6.01 Å². The molecule has 1 aromatic heterocycles. The van der Waals surface area contributed by atoms with Crippen LogP contribution in [-0.4, -0.2) is 35.3 Å². The molecule has 1 aromatic rings. The van der Waals surface area contributed by atoms with E-state index in [1.165, 1.54) is 12.8 Å². The van der Waals surface area contributed by atoms with Gasteiger partial charge in [0.2, 0.25) is 0 Å². The van der Waals surface area contributed by atoms with E-state index in [0.29, 0.717) is 18.7 Å². The highest BCUT2D eigenvalue weighted by molar-refractivity contribution is 5.18. The number of nitrogens with one attached hydrogen (secondary N) is 1. The molecule has 20 heavy (non-hydrogen) atoms. The quantitative estimate of drug-likeness (QED) is 0.791. The van der Waals surface area contributed by atoms with E-state index in [-0.39, 0.29) is 5.60 Å². The summed E-state index contributed by atoms with van der Waals surface area (Å²) in [5, 5.41) is 3.47. The summed E-state index contributed by atoms with van der Waals surface area (Å²) in [6, 6.07) is 1.14. The molecule has 0 radical (unpaired) electrons. The van der Waals surface area contributed by atoms with E-state index < -0.39 is 0 Å². The number of hydrogen-bond donors (Lipinski definition) is 1. The Hall–Kier alpha value is -1.20. The Balaban J connectivity index is 1.81. The second-order valence-corrected chi connectivity index (χ2v) is 5.98. The fourth-order valence-corrected chi connectivity index (χ4v) is 1.75. The van der Waals surface area contributed by atoms with Crippen LogP contribution in [0.2, 0.25) is 0 Å². The Morgan fingerprint density at radius 1 is 1.40 bits per heavy atom. The molecule has 2 rings (SSSR count). The molecule has 5 nitrogen and oxygen atoms in total. The number of methoxy groups -OCH3 is 1. The van der Waals surface area contributed by atoms with Gasteiger partial charge in [-0.2, -0.15) is 0 Å². The lowest BCUT2D eigenvalue weighted by molar-refractivity contribution is 0.00465. The summed E-state index contributed by atoms with van der Waals surface area (Å²) in [5.41, 5.74) is 1.94. The fourth-order valence-electron chi connectivity index (χ4n) is 1.75. The number of rotatable bonds is 8. The van der Waals surface area contributed by atoms with Crippen molar-refractivity contribution in [3.63, 3.8) is 0 Å². The van der Waals surface area contributed by atoms with Gasteiger partial charge in [0.25, 0.3) is 0 Å². The zero-order valence-corrected chi connectivity index (χ0v) is 12.9. The van der Waals surface area contributed by atoms with E-state index >= 15 is 0 Å². The highest BCUT2D eigenvalue weighted by Gasteiger charge is 2.20. The Morgan fingerprint density at radius 3 is 2.75 bits per heavy atom. The molecule has 0 aliphatic heterocycles. The van der Waals surface area contributed by atoms with Crippen molar-refractivity contribution in [3.8, 4) is 6.01 Å². The largest absolute Gasteiger partial charge is 0.463 e. The first-order chi connectivity index (χ1) is 9.50. The van der Waals surface area contributed by atoms with E-state index in [1.54, 1.807) is 7.11 Å². The molecule has 0 bridgehead atoms. The third-order valence-electron chi connectivity index (χ3n) is 3.71. The molecule has 0 saturated heterocycles. The van der Waals surface area contributed by atoms with Crippen molar-refractivity contribution in [3.05, 3.63) is 17.5 Å². The third-order valence-corrected chi connectivity index (χ3v) is 3.71. The standard InChI is InChI=1S/C15H25N3O2/c1-11-12(9-16-13-5-6-13)10-17-14(18-11)20-8-7-15(2,3)19-4/h10,13,16H,5-9H2,1-4H3. The van der Waals surface area contributed by atoms with Crippen molar-refractivity contribution in [1.82, 2.24) is 15.3 Å². The minimum Gasteiger partial charge on any atom is -0.463 e. The van der Waals surface area contributed by atoms with Crippen LogP contribution in [0.25, 0.3) is 0 Å². The first kappa shape index (κ1) is 15.2. The number of ether oxygens (including phenoxy) is 2. The molecule has 0 amide bonds. The van der Waals surface area contributed by atoms with Crippen LogP contribution in [0, 0.1) is 6.92 Å². The van der Waals surface area contributed by atoms with Gasteiger partial charge in [0.05, 0.1) is 12.2 Å². The van der Waals surface area contributed by atoms with Crippen LogP contribution in [0.15, 0.2) is 6.20 Å². The second-order valence-electron chi connectivity index (χ2n) is 5.98. The molecule has 0 spiro atoms. The molecule has 112 valence electrons. The third kappa shape index (κ3) is 4.72. The minimum atomic E-state index is -0.177. The molecular weight excluding hydrogens is 254 g/mol. The van der Waals surface area contributed by atoms with Crippen LogP contribution in [0.1, 0.15) is 44.4 Å². The summed E-state index contributed by atoms with van der Waals surface area (Å²) in [5.74, 6) is 0. The lowest BCUT2D eigenvalue weighted by Gasteiger charge is -2.22. The fraction of sp³-hybridized carbons (Fsp3) is 0.733. The number of aryl methyl sites for hydroxylation is 1. The Bertz CT molecular complexity index is 445. The maximum absolute atomic E-state index is 5.59. The van der Waals surface area contributed by atoms with Crippen LogP contribution >= 0.6 is 0 Å². The number of aromatic nitrogens is 2. The SMILES string of the molecule is COC(C)(C)CCOc1ncc(CNC2CC2)c(C)n1. The van der Waals surface area contributed by atoms with Crippen molar-refractivity contribution >= 4 is 0 Å². The molecule has 1 aliphatic carbocycles. The summed E-state index contributed by atoms with van der Waals surface area (Å²) < 4.78 is 10.9. The van der Waals surface area contributed by atoms with Gasteiger partial charge in [0, 0.05) is 43.6 Å². The summed E-state index contributed by atoms with van der Waals surface area (Å²) in [6.45, 7) is 7.47. The van der Waals surface area contributed by atoms with Gasteiger partial charge < -0.3 is 14.8 Å². The molecule has 0 unspecified atom stereocenters. The van der Waals surface area contributed by atoms with Crippen LogP contribution in [-0.2, 0) is 11.3 Å². The predicted octanol–water partition coefficient (Wildman–Crippen LogP) is 2.23. The smallest absolute Gasteiger partial charge is 0.316 e. The zero-order valence-electron chi connectivity index (χ0n) is 12.9. The summed E-state index contributed by atoms with van der Waals surface area (Å²) >= 11 is 0. The lowest BCUT2D eigenvalue weighted by Crippen LogP contribution is -2.25. The number of nitrogens with zero attached hydrogens (tertiary/aromatic N) is 2.